The summed E-state index contributed by atoms with van der Waals surface area (Å²) in [7, 11) is 1.28. The summed E-state index contributed by atoms with van der Waals surface area (Å²) in [6.45, 7) is 2.02. The second kappa shape index (κ2) is 5.28. The number of nitrogens with zero attached hydrogens (tertiary/aromatic N) is 1. The number of carbonyl (C=O) groups excluding carboxylic acids is 1. The molecular formula is C11H11N3O2S2. The average Bonchev–Trinajstić information content (AvgIpc) is 2.69. The largest absolute Gasteiger partial charge is 0.453 e. The first-order valence-electron chi connectivity index (χ1n) is 5.11. The fourth-order valence-corrected chi connectivity index (χ4v) is 2.57. The van der Waals surface area contributed by atoms with Gasteiger partial charge in [0.05, 0.1) is 17.3 Å². The average molecular weight is 281 g/mol. The molecule has 0 unspecified atom stereocenters. The molecule has 0 saturated heterocycles. The Labute approximate surface area is 113 Å². The number of nitrogens with one attached hydrogen (secondary N) is 2. The van der Waals surface area contributed by atoms with Crippen molar-refractivity contribution in [1.29, 1.82) is 0 Å². The van der Waals surface area contributed by atoms with Crippen molar-refractivity contribution in [2.24, 2.45) is 0 Å². The maximum absolute atomic E-state index is 11.0. The zero-order valence-corrected chi connectivity index (χ0v) is 11.4. The van der Waals surface area contributed by atoms with Crippen molar-refractivity contribution in [3.8, 4) is 0 Å². The fourth-order valence-electron chi connectivity index (χ4n) is 1.36. The topological polar surface area (TPSA) is 63.2 Å². The third kappa shape index (κ3) is 2.93. The number of thiocarbonyl (C=S) groups is 1. The van der Waals surface area contributed by atoms with Gasteiger partial charge in [-0.05, 0) is 36.8 Å². The number of benzene rings is 1. The SMILES string of the molecule is COC(=O)NC(=S)Nc1nc2ccc(C)cc2s1. The molecule has 0 fully saturated rings. The van der Waals surface area contributed by atoms with Gasteiger partial charge in [-0.2, -0.15) is 0 Å². The van der Waals surface area contributed by atoms with E-state index in [0.29, 0.717) is 5.13 Å². The Kier molecular flexibility index (Phi) is 3.73. The van der Waals surface area contributed by atoms with Crippen molar-refractivity contribution in [2.45, 2.75) is 6.92 Å². The van der Waals surface area contributed by atoms with E-state index in [0.717, 1.165) is 10.2 Å². The normalized spacial score (nSPS) is 10.1. The van der Waals surface area contributed by atoms with Gasteiger partial charge in [-0.15, -0.1) is 0 Å². The van der Waals surface area contributed by atoms with Crippen LogP contribution in [0, 0.1) is 6.92 Å². The van der Waals surface area contributed by atoms with E-state index in [9.17, 15) is 4.79 Å². The minimum atomic E-state index is -0.607. The van der Waals surface area contributed by atoms with Gasteiger partial charge in [0.1, 0.15) is 0 Å². The van der Waals surface area contributed by atoms with Crippen LogP contribution in [-0.4, -0.2) is 23.3 Å². The van der Waals surface area contributed by atoms with Gasteiger partial charge in [-0.3, -0.25) is 5.32 Å². The third-order valence-corrected chi connectivity index (χ3v) is 3.30. The molecular weight excluding hydrogens is 270 g/mol. The van der Waals surface area contributed by atoms with Gasteiger partial charge in [0, 0.05) is 0 Å². The molecule has 5 nitrogen and oxygen atoms in total. The van der Waals surface area contributed by atoms with Crippen LogP contribution in [0.1, 0.15) is 5.56 Å². The number of methoxy groups -OCH3 is 1. The molecule has 94 valence electrons. The lowest BCUT2D eigenvalue weighted by Crippen LogP contribution is -2.33. The van der Waals surface area contributed by atoms with E-state index in [1.807, 2.05) is 19.1 Å². The number of aryl methyl sites for hydroxylation is 1. The maximum atomic E-state index is 11.0. The standard InChI is InChI=1S/C11H11N3O2S2/c1-6-3-4-7-8(5-6)18-10(12-7)13-9(17)14-11(15)16-2/h3-5H,1-2H3,(H2,12,13,14,15,17). The van der Waals surface area contributed by atoms with E-state index in [4.69, 9.17) is 12.2 Å². The summed E-state index contributed by atoms with van der Waals surface area (Å²) in [4.78, 5) is 15.3. The third-order valence-electron chi connectivity index (χ3n) is 2.17. The van der Waals surface area contributed by atoms with Crippen LogP contribution in [0.25, 0.3) is 10.2 Å². The Morgan fingerprint density at radius 1 is 1.50 bits per heavy atom. The lowest BCUT2D eigenvalue weighted by atomic mass is 10.2. The van der Waals surface area contributed by atoms with Crippen LogP contribution in [-0.2, 0) is 4.74 Å². The van der Waals surface area contributed by atoms with Gasteiger partial charge in [-0.1, -0.05) is 17.4 Å². The fraction of sp³-hybridized carbons (Fsp3) is 0.182. The smallest absolute Gasteiger partial charge is 0.413 e. The van der Waals surface area contributed by atoms with E-state index in [2.05, 4.69) is 26.4 Å². The van der Waals surface area contributed by atoms with Gasteiger partial charge >= 0.3 is 6.09 Å². The van der Waals surface area contributed by atoms with Crippen LogP contribution in [0.3, 0.4) is 0 Å². The lowest BCUT2D eigenvalue weighted by Gasteiger charge is -2.04. The van der Waals surface area contributed by atoms with Crippen LogP contribution in [0.2, 0.25) is 0 Å². The van der Waals surface area contributed by atoms with E-state index in [1.165, 1.54) is 24.0 Å². The number of carbonyl (C=O) groups is 1. The molecule has 2 N–H and O–H groups in total. The number of rotatable bonds is 1. The van der Waals surface area contributed by atoms with Crippen LogP contribution >= 0.6 is 23.6 Å². The van der Waals surface area contributed by atoms with Gasteiger partial charge < -0.3 is 10.1 Å². The van der Waals surface area contributed by atoms with Crippen molar-refractivity contribution < 1.29 is 9.53 Å². The van der Waals surface area contributed by atoms with Crippen molar-refractivity contribution in [3.05, 3.63) is 23.8 Å². The number of aromatic nitrogens is 1. The minimum Gasteiger partial charge on any atom is -0.453 e. The molecule has 1 heterocycles. The Morgan fingerprint density at radius 3 is 3.00 bits per heavy atom. The molecule has 0 bridgehead atoms. The number of ether oxygens (including phenoxy) is 1. The first kappa shape index (κ1) is 12.7. The Morgan fingerprint density at radius 2 is 2.28 bits per heavy atom. The molecule has 18 heavy (non-hydrogen) atoms. The van der Waals surface area contributed by atoms with Crippen molar-refractivity contribution in [1.82, 2.24) is 10.3 Å². The number of anilines is 1. The van der Waals surface area contributed by atoms with Crippen LogP contribution < -0.4 is 10.6 Å². The number of alkyl carbamates (subject to hydrolysis) is 1. The molecule has 1 aromatic heterocycles. The molecule has 2 aromatic rings. The van der Waals surface area contributed by atoms with Crippen LogP contribution in [0.5, 0.6) is 0 Å². The molecule has 0 aliphatic rings. The minimum absolute atomic E-state index is 0.164. The summed E-state index contributed by atoms with van der Waals surface area (Å²) in [5, 5.41) is 6.00. The Balaban J connectivity index is 2.12. The molecule has 0 radical (unpaired) electrons. The van der Waals surface area contributed by atoms with E-state index >= 15 is 0 Å². The van der Waals surface area contributed by atoms with Crippen molar-refractivity contribution >= 4 is 50.1 Å². The molecule has 1 aromatic carbocycles. The first-order chi connectivity index (χ1) is 8.58. The zero-order chi connectivity index (χ0) is 13.1. The summed E-state index contributed by atoms with van der Waals surface area (Å²) < 4.78 is 5.51. The number of thiazole rings is 1. The second-order valence-electron chi connectivity index (χ2n) is 3.56. The number of fused-ring (bicyclic) bond motifs is 1. The van der Waals surface area contributed by atoms with Gasteiger partial charge in [0.2, 0.25) is 0 Å². The predicted molar refractivity (Wildman–Crippen MR) is 76.1 cm³/mol. The van der Waals surface area contributed by atoms with E-state index in [1.54, 1.807) is 0 Å². The Hall–Kier alpha value is -1.73. The van der Waals surface area contributed by atoms with Gasteiger partial charge in [0.25, 0.3) is 0 Å². The van der Waals surface area contributed by atoms with Crippen LogP contribution in [0.4, 0.5) is 9.93 Å². The first-order valence-corrected chi connectivity index (χ1v) is 6.34. The van der Waals surface area contributed by atoms with Gasteiger partial charge in [-0.25, -0.2) is 9.78 Å². The molecule has 0 saturated carbocycles. The highest BCUT2D eigenvalue weighted by Gasteiger charge is 2.07. The number of amides is 1. The second-order valence-corrected chi connectivity index (χ2v) is 5.00. The maximum Gasteiger partial charge on any atom is 0.413 e. The summed E-state index contributed by atoms with van der Waals surface area (Å²) in [5.74, 6) is 0. The number of hydrogen-bond donors (Lipinski definition) is 2. The van der Waals surface area contributed by atoms with Gasteiger partial charge in [0.15, 0.2) is 10.2 Å². The molecule has 0 spiro atoms. The Bertz CT molecular complexity index is 609. The zero-order valence-electron chi connectivity index (χ0n) is 9.81. The van der Waals surface area contributed by atoms with Crippen molar-refractivity contribution in [2.75, 3.05) is 12.4 Å². The lowest BCUT2D eigenvalue weighted by molar-refractivity contribution is 0.177. The van der Waals surface area contributed by atoms with Crippen LogP contribution in [0.15, 0.2) is 18.2 Å². The highest BCUT2D eigenvalue weighted by Crippen LogP contribution is 2.26. The summed E-state index contributed by atoms with van der Waals surface area (Å²) in [6.07, 6.45) is -0.607. The quantitative estimate of drug-likeness (QED) is 0.787. The molecule has 2 rings (SSSR count). The molecule has 0 aliphatic carbocycles. The molecule has 0 aliphatic heterocycles. The van der Waals surface area contributed by atoms with E-state index < -0.39 is 6.09 Å². The highest BCUT2D eigenvalue weighted by atomic mass is 32.1. The molecule has 1 amide bonds. The predicted octanol–water partition coefficient (Wildman–Crippen LogP) is 2.66. The van der Waals surface area contributed by atoms with E-state index in [-0.39, 0.29) is 5.11 Å². The summed E-state index contributed by atoms with van der Waals surface area (Å²) in [5.41, 5.74) is 2.07. The molecule has 7 heteroatoms. The van der Waals surface area contributed by atoms with Crippen molar-refractivity contribution in [3.63, 3.8) is 0 Å². The number of hydrogen-bond acceptors (Lipinski definition) is 5. The molecule has 0 atom stereocenters. The monoisotopic (exact) mass is 281 g/mol. The summed E-state index contributed by atoms with van der Waals surface area (Å²) >= 11 is 6.43. The summed E-state index contributed by atoms with van der Waals surface area (Å²) in [6, 6.07) is 5.99. The highest BCUT2D eigenvalue weighted by molar-refractivity contribution is 7.80.